The molecule has 0 aromatic rings. The maximum Gasteiger partial charge on any atom is 0.300 e. The van der Waals surface area contributed by atoms with Gasteiger partial charge in [-0.3, -0.25) is 4.79 Å². The number of carboxylic acids is 1. The Hall–Kier alpha value is -0.830. The van der Waals surface area contributed by atoms with Crippen LogP contribution in [-0.4, -0.2) is 22.8 Å². The standard InChI is InChI=1S/C14H28O.C2H4O2/c1-2-3-4-5-6-7-8-9-10-11-12-13-14-15;1-2(3)4/h2-3,15H,4-14H2,1H3;1H3,(H,3,4)/b3-2+;. The molecule has 0 atom stereocenters. The molecule has 0 saturated carbocycles. The maximum atomic E-state index is 9.00. The second-order valence-corrected chi connectivity index (χ2v) is 4.78. The van der Waals surface area contributed by atoms with Gasteiger partial charge in [0.2, 0.25) is 0 Å². The Bertz CT molecular complexity index is 196. The fraction of sp³-hybridized carbons (Fsp3) is 0.812. The van der Waals surface area contributed by atoms with E-state index in [1.165, 1.54) is 57.8 Å². The van der Waals surface area contributed by atoms with Crippen molar-refractivity contribution in [2.45, 2.75) is 78.1 Å². The van der Waals surface area contributed by atoms with Gasteiger partial charge < -0.3 is 10.2 Å². The molecule has 0 fully saturated rings. The van der Waals surface area contributed by atoms with Crippen LogP contribution in [0.1, 0.15) is 78.1 Å². The minimum atomic E-state index is -0.833. The first kappa shape index (κ1) is 20.5. The quantitative estimate of drug-likeness (QED) is 0.428. The number of carbonyl (C=O) groups is 1. The van der Waals surface area contributed by atoms with Gasteiger partial charge in [0.1, 0.15) is 0 Å². The molecule has 3 heteroatoms. The number of allylic oxidation sites excluding steroid dienone is 2. The fourth-order valence-electron chi connectivity index (χ4n) is 1.78. The highest BCUT2D eigenvalue weighted by Gasteiger charge is 1.91. The summed E-state index contributed by atoms with van der Waals surface area (Å²) in [5.74, 6) is -0.833. The summed E-state index contributed by atoms with van der Waals surface area (Å²) >= 11 is 0. The van der Waals surface area contributed by atoms with Crippen molar-refractivity contribution < 1.29 is 15.0 Å². The van der Waals surface area contributed by atoms with E-state index < -0.39 is 5.97 Å². The average Bonchev–Trinajstić information content (AvgIpc) is 2.35. The second kappa shape index (κ2) is 19.5. The van der Waals surface area contributed by atoms with Gasteiger partial charge in [0.15, 0.2) is 0 Å². The molecule has 19 heavy (non-hydrogen) atoms. The van der Waals surface area contributed by atoms with E-state index in [1.54, 1.807) is 0 Å². The zero-order valence-corrected chi connectivity index (χ0v) is 12.7. The van der Waals surface area contributed by atoms with Crippen LogP contribution in [0.3, 0.4) is 0 Å². The van der Waals surface area contributed by atoms with E-state index in [2.05, 4.69) is 19.1 Å². The number of aliphatic hydroxyl groups is 1. The smallest absolute Gasteiger partial charge is 0.300 e. The van der Waals surface area contributed by atoms with Crippen molar-refractivity contribution in [1.29, 1.82) is 0 Å². The molecule has 0 bridgehead atoms. The highest BCUT2D eigenvalue weighted by molar-refractivity contribution is 5.62. The number of hydrogen-bond donors (Lipinski definition) is 2. The minimum Gasteiger partial charge on any atom is -0.481 e. The topological polar surface area (TPSA) is 57.5 Å². The van der Waals surface area contributed by atoms with Crippen molar-refractivity contribution in [2.75, 3.05) is 6.61 Å². The van der Waals surface area contributed by atoms with Crippen LogP contribution in [0.2, 0.25) is 0 Å². The zero-order chi connectivity index (χ0) is 14.8. The number of aliphatic hydroxyl groups excluding tert-OH is 1. The van der Waals surface area contributed by atoms with Gasteiger partial charge in [0, 0.05) is 13.5 Å². The highest BCUT2D eigenvalue weighted by Crippen LogP contribution is 2.10. The molecule has 0 spiro atoms. The molecule has 0 aliphatic rings. The molecule has 0 rings (SSSR count). The van der Waals surface area contributed by atoms with E-state index in [1.807, 2.05) is 0 Å². The first-order chi connectivity index (χ1) is 9.15. The monoisotopic (exact) mass is 272 g/mol. The summed E-state index contributed by atoms with van der Waals surface area (Å²) in [6.45, 7) is 3.54. The van der Waals surface area contributed by atoms with E-state index in [4.69, 9.17) is 15.0 Å². The second-order valence-electron chi connectivity index (χ2n) is 4.78. The van der Waals surface area contributed by atoms with Gasteiger partial charge in [-0.25, -0.2) is 0 Å². The lowest BCUT2D eigenvalue weighted by Gasteiger charge is -2.00. The first-order valence-electron chi connectivity index (χ1n) is 7.56. The summed E-state index contributed by atoms with van der Waals surface area (Å²) in [4.78, 5) is 9.00. The van der Waals surface area contributed by atoms with Crippen molar-refractivity contribution in [3.8, 4) is 0 Å². The Labute approximate surface area is 118 Å². The van der Waals surface area contributed by atoms with Crippen LogP contribution in [0.15, 0.2) is 12.2 Å². The van der Waals surface area contributed by atoms with Gasteiger partial charge in [-0.2, -0.15) is 0 Å². The SMILES string of the molecule is C/C=C/CCCCCCCCCCCO.CC(=O)O. The van der Waals surface area contributed by atoms with Crippen LogP contribution in [0.4, 0.5) is 0 Å². The lowest BCUT2D eigenvalue weighted by atomic mass is 10.1. The van der Waals surface area contributed by atoms with Gasteiger partial charge in [0.25, 0.3) is 5.97 Å². The number of rotatable bonds is 11. The van der Waals surface area contributed by atoms with Gasteiger partial charge in [-0.1, -0.05) is 57.1 Å². The van der Waals surface area contributed by atoms with E-state index in [-0.39, 0.29) is 0 Å². The molecule has 0 aromatic heterocycles. The molecule has 0 amide bonds. The van der Waals surface area contributed by atoms with Crippen LogP contribution in [-0.2, 0) is 4.79 Å². The third-order valence-electron chi connectivity index (χ3n) is 2.76. The summed E-state index contributed by atoms with van der Waals surface area (Å²) in [5, 5.41) is 16.0. The molecule has 0 heterocycles. The molecule has 0 aliphatic heterocycles. The Morgan fingerprint density at radius 2 is 1.26 bits per heavy atom. The summed E-state index contributed by atoms with van der Waals surface area (Å²) in [6.07, 6.45) is 17.4. The first-order valence-corrected chi connectivity index (χ1v) is 7.56. The van der Waals surface area contributed by atoms with Gasteiger partial charge >= 0.3 is 0 Å². The van der Waals surface area contributed by atoms with E-state index >= 15 is 0 Å². The summed E-state index contributed by atoms with van der Waals surface area (Å²) in [6, 6.07) is 0. The Morgan fingerprint density at radius 3 is 1.63 bits per heavy atom. The molecular formula is C16H32O3. The predicted octanol–water partition coefficient (Wildman–Crippen LogP) is 4.55. The van der Waals surface area contributed by atoms with Crippen LogP contribution < -0.4 is 0 Å². The largest absolute Gasteiger partial charge is 0.481 e. The zero-order valence-electron chi connectivity index (χ0n) is 12.7. The lowest BCUT2D eigenvalue weighted by Crippen LogP contribution is -1.84. The summed E-state index contributed by atoms with van der Waals surface area (Å²) < 4.78 is 0. The van der Waals surface area contributed by atoms with Crippen molar-refractivity contribution >= 4 is 5.97 Å². The molecular weight excluding hydrogens is 240 g/mol. The van der Waals surface area contributed by atoms with Crippen molar-refractivity contribution in [1.82, 2.24) is 0 Å². The molecule has 0 radical (unpaired) electrons. The fourth-order valence-corrected chi connectivity index (χ4v) is 1.78. The molecule has 2 N–H and O–H groups in total. The van der Waals surface area contributed by atoms with Crippen LogP contribution in [0, 0.1) is 0 Å². The van der Waals surface area contributed by atoms with Crippen molar-refractivity contribution in [3.63, 3.8) is 0 Å². The summed E-state index contributed by atoms with van der Waals surface area (Å²) in [5.41, 5.74) is 0. The predicted molar refractivity (Wildman–Crippen MR) is 81.4 cm³/mol. The molecule has 0 saturated heterocycles. The van der Waals surface area contributed by atoms with Crippen LogP contribution >= 0.6 is 0 Å². The van der Waals surface area contributed by atoms with E-state index in [0.717, 1.165) is 13.3 Å². The number of carboxylic acid groups (broad SMARTS) is 1. The van der Waals surface area contributed by atoms with Crippen LogP contribution in [0.5, 0.6) is 0 Å². The number of hydrogen-bond acceptors (Lipinski definition) is 2. The van der Waals surface area contributed by atoms with Gasteiger partial charge in [0.05, 0.1) is 0 Å². The van der Waals surface area contributed by atoms with Gasteiger partial charge in [-0.05, 0) is 26.2 Å². The minimum absolute atomic E-state index is 0.366. The third-order valence-corrected chi connectivity index (χ3v) is 2.76. The molecule has 0 aliphatic carbocycles. The van der Waals surface area contributed by atoms with E-state index in [9.17, 15) is 0 Å². The average molecular weight is 272 g/mol. The van der Waals surface area contributed by atoms with Crippen molar-refractivity contribution in [3.05, 3.63) is 12.2 Å². The Morgan fingerprint density at radius 1 is 0.895 bits per heavy atom. The third kappa shape index (κ3) is 31.7. The molecule has 0 aromatic carbocycles. The van der Waals surface area contributed by atoms with Crippen molar-refractivity contribution in [2.24, 2.45) is 0 Å². The Kier molecular flexibility index (Phi) is 21.0. The van der Waals surface area contributed by atoms with Crippen LogP contribution in [0.25, 0.3) is 0 Å². The number of unbranched alkanes of at least 4 members (excludes halogenated alkanes) is 9. The van der Waals surface area contributed by atoms with E-state index in [0.29, 0.717) is 6.61 Å². The lowest BCUT2D eigenvalue weighted by molar-refractivity contribution is -0.134. The van der Waals surface area contributed by atoms with Gasteiger partial charge in [-0.15, -0.1) is 0 Å². The normalized spacial score (nSPS) is 10.3. The Balaban J connectivity index is 0. The molecule has 3 nitrogen and oxygen atoms in total. The molecule has 114 valence electrons. The molecule has 0 unspecified atom stereocenters. The maximum absolute atomic E-state index is 9.00. The highest BCUT2D eigenvalue weighted by atomic mass is 16.4. The number of aliphatic carboxylic acids is 1. The summed E-state index contributed by atoms with van der Waals surface area (Å²) in [7, 11) is 0.